The van der Waals surface area contributed by atoms with E-state index >= 15 is 0 Å². The van der Waals surface area contributed by atoms with Gasteiger partial charge in [-0.25, -0.2) is 4.79 Å². The molecule has 0 saturated carbocycles. The zero-order valence-corrected chi connectivity index (χ0v) is 15.2. The molecule has 2 aromatic rings. The lowest BCUT2D eigenvalue weighted by Gasteiger charge is -2.24. The van der Waals surface area contributed by atoms with Crippen LogP contribution in [0.15, 0.2) is 48.5 Å². The van der Waals surface area contributed by atoms with E-state index in [-0.39, 0.29) is 24.4 Å². The van der Waals surface area contributed by atoms with Gasteiger partial charge in [0, 0.05) is 5.56 Å². The average molecular weight is 354 g/mol. The van der Waals surface area contributed by atoms with Gasteiger partial charge in [-0.15, -0.1) is 0 Å². The summed E-state index contributed by atoms with van der Waals surface area (Å²) in [6, 6.07) is 14.5. The predicted molar refractivity (Wildman–Crippen MR) is 96.8 cm³/mol. The lowest BCUT2D eigenvalue weighted by Crippen LogP contribution is -2.38. The molecule has 1 heterocycles. The van der Waals surface area contributed by atoms with Gasteiger partial charge in [0.2, 0.25) is 6.10 Å². The molecule has 0 bridgehead atoms. The Labute approximate surface area is 152 Å². The van der Waals surface area contributed by atoms with Crippen molar-refractivity contribution in [2.24, 2.45) is 0 Å². The highest BCUT2D eigenvalue weighted by molar-refractivity contribution is 5.98. The number of rotatable bonds is 4. The predicted octanol–water partition coefficient (Wildman–Crippen LogP) is 3.55. The third-order valence-corrected chi connectivity index (χ3v) is 4.19. The minimum absolute atomic E-state index is 0.0165. The molecule has 1 atom stereocenters. The average Bonchev–Trinajstić information content (AvgIpc) is 2.64. The molecule has 0 aliphatic carbocycles. The van der Waals surface area contributed by atoms with Crippen LogP contribution in [0.2, 0.25) is 0 Å². The summed E-state index contributed by atoms with van der Waals surface area (Å²) >= 11 is 0. The molecule has 5 heteroatoms. The van der Waals surface area contributed by atoms with Crippen LogP contribution in [0, 0.1) is 0 Å². The first-order valence-electron chi connectivity index (χ1n) is 8.53. The maximum atomic E-state index is 12.2. The summed E-state index contributed by atoms with van der Waals surface area (Å²) in [6.07, 6.45) is -0.874. The Morgan fingerprint density at radius 2 is 1.69 bits per heavy atom. The van der Waals surface area contributed by atoms with Gasteiger partial charge in [-0.3, -0.25) is 4.79 Å². The van der Waals surface area contributed by atoms with Crippen LogP contribution < -0.4 is 9.47 Å². The molecule has 0 amide bonds. The number of para-hydroxylation sites is 2. The van der Waals surface area contributed by atoms with Crippen molar-refractivity contribution < 1.29 is 23.8 Å². The van der Waals surface area contributed by atoms with Crippen LogP contribution in [0.5, 0.6) is 11.5 Å². The summed E-state index contributed by atoms with van der Waals surface area (Å²) in [7, 11) is 0. The quantitative estimate of drug-likeness (QED) is 0.621. The van der Waals surface area contributed by atoms with Gasteiger partial charge < -0.3 is 14.2 Å². The summed E-state index contributed by atoms with van der Waals surface area (Å²) in [5.41, 5.74) is 1.66. The van der Waals surface area contributed by atoms with E-state index in [4.69, 9.17) is 14.2 Å². The van der Waals surface area contributed by atoms with Crippen LogP contribution in [-0.2, 0) is 14.9 Å². The van der Waals surface area contributed by atoms with Crippen molar-refractivity contribution in [1.29, 1.82) is 0 Å². The van der Waals surface area contributed by atoms with Crippen LogP contribution >= 0.6 is 0 Å². The van der Waals surface area contributed by atoms with Crippen LogP contribution in [-0.4, -0.2) is 31.1 Å². The monoisotopic (exact) mass is 354 g/mol. The molecule has 0 N–H and O–H groups in total. The Balaban J connectivity index is 1.55. The van der Waals surface area contributed by atoms with Gasteiger partial charge in [0.15, 0.2) is 23.9 Å². The van der Waals surface area contributed by atoms with E-state index in [1.807, 2.05) is 18.2 Å². The van der Waals surface area contributed by atoms with Crippen LogP contribution in [0.25, 0.3) is 0 Å². The highest BCUT2D eigenvalue weighted by Crippen LogP contribution is 2.31. The number of fused-ring (bicyclic) bond motifs is 1. The first-order chi connectivity index (χ1) is 12.3. The number of esters is 1. The number of ketones is 1. The molecule has 3 rings (SSSR count). The molecule has 1 aliphatic heterocycles. The van der Waals surface area contributed by atoms with Crippen molar-refractivity contribution in [2.75, 3.05) is 13.2 Å². The number of hydrogen-bond donors (Lipinski definition) is 0. The zero-order valence-electron chi connectivity index (χ0n) is 15.2. The molecule has 0 fully saturated rings. The van der Waals surface area contributed by atoms with Gasteiger partial charge in [-0.05, 0) is 23.1 Å². The Morgan fingerprint density at radius 1 is 1.04 bits per heavy atom. The van der Waals surface area contributed by atoms with Gasteiger partial charge in [-0.2, -0.15) is 0 Å². The fourth-order valence-corrected chi connectivity index (χ4v) is 2.60. The van der Waals surface area contributed by atoms with Crippen LogP contribution in [0.1, 0.15) is 36.7 Å². The molecule has 5 nitrogen and oxygen atoms in total. The van der Waals surface area contributed by atoms with Crippen LogP contribution in [0.4, 0.5) is 0 Å². The number of hydrogen-bond acceptors (Lipinski definition) is 5. The summed E-state index contributed by atoms with van der Waals surface area (Å²) in [5, 5.41) is 0. The third-order valence-electron chi connectivity index (χ3n) is 4.19. The molecule has 0 saturated heterocycles. The lowest BCUT2D eigenvalue weighted by molar-refractivity contribution is -0.153. The standard InChI is InChI=1S/C21H22O5/c1-21(2,3)15-10-8-14(9-11-15)16(22)12-25-20(23)19-13-24-17-6-4-5-7-18(17)26-19/h4-11,19H,12-13H2,1-3H3/t19-/m0/s1. The number of benzene rings is 2. The van der Waals surface area contributed by atoms with Crippen molar-refractivity contribution in [1.82, 2.24) is 0 Å². The maximum Gasteiger partial charge on any atom is 0.351 e. The highest BCUT2D eigenvalue weighted by atomic mass is 16.6. The Hall–Kier alpha value is -2.82. The van der Waals surface area contributed by atoms with Crippen molar-refractivity contribution in [3.8, 4) is 11.5 Å². The number of ether oxygens (including phenoxy) is 3. The molecule has 0 unspecified atom stereocenters. The molecular formula is C21H22O5. The normalized spacial score (nSPS) is 16.0. The number of carbonyl (C=O) groups excluding carboxylic acids is 2. The summed E-state index contributed by atoms with van der Waals surface area (Å²) in [6.45, 7) is 6.06. The fraction of sp³-hybridized carbons (Fsp3) is 0.333. The van der Waals surface area contributed by atoms with Crippen molar-refractivity contribution >= 4 is 11.8 Å². The summed E-state index contributed by atoms with van der Waals surface area (Å²) in [5.74, 6) is 0.214. The minimum Gasteiger partial charge on any atom is -0.485 e. The molecule has 0 spiro atoms. The molecule has 2 aromatic carbocycles. The van der Waals surface area contributed by atoms with Gasteiger partial charge in [-0.1, -0.05) is 57.2 Å². The van der Waals surface area contributed by atoms with Gasteiger partial charge in [0.25, 0.3) is 0 Å². The molecule has 0 radical (unpaired) electrons. The van der Waals surface area contributed by atoms with E-state index in [0.717, 1.165) is 5.56 Å². The van der Waals surface area contributed by atoms with Gasteiger partial charge in [0.1, 0.15) is 6.61 Å². The Bertz CT molecular complexity index is 802. The molecule has 0 aromatic heterocycles. The van der Waals surface area contributed by atoms with E-state index in [1.165, 1.54) is 0 Å². The maximum absolute atomic E-state index is 12.2. The largest absolute Gasteiger partial charge is 0.485 e. The van der Waals surface area contributed by atoms with E-state index in [9.17, 15) is 9.59 Å². The first kappa shape index (κ1) is 18.0. The highest BCUT2D eigenvalue weighted by Gasteiger charge is 2.29. The minimum atomic E-state index is -0.874. The second-order valence-corrected chi connectivity index (χ2v) is 7.22. The molecule has 26 heavy (non-hydrogen) atoms. The van der Waals surface area contributed by atoms with Crippen LogP contribution in [0.3, 0.4) is 0 Å². The first-order valence-corrected chi connectivity index (χ1v) is 8.53. The zero-order chi connectivity index (χ0) is 18.7. The van der Waals surface area contributed by atoms with E-state index in [0.29, 0.717) is 17.1 Å². The molecule has 1 aliphatic rings. The summed E-state index contributed by atoms with van der Waals surface area (Å²) < 4.78 is 16.2. The van der Waals surface area contributed by atoms with Crippen molar-refractivity contribution in [2.45, 2.75) is 32.3 Å². The number of Topliss-reactive ketones (excluding diaryl/α,β-unsaturated/α-hetero) is 1. The van der Waals surface area contributed by atoms with Gasteiger partial charge in [0.05, 0.1) is 0 Å². The second-order valence-electron chi connectivity index (χ2n) is 7.22. The second kappa shape index (κ2) is 7.20. The van der Waals surface area contributed by atoms with E-state index in [2.05, 4.69) is 20.8 Å². The summed E-state index contributed by atoms with van der Waals surface area (Å²) in [4.78, 5) is 24.4. The molecule has 136 valence electrons. The van der Waals surface area contributed by atoms with Gasteiger partial charge >= 0.3 is 5.97 Å². The topological polar surface area (TPSA) is 61.8 Å². The number of carbonyl (C=O) groups is 2. The SMILES string of the molecule is CC(C)(C)c1ccc(C(=O)COC(=O)[C@@H]2COc3ccccc3O2)cc1. The molecular weight excluding hydrogens is 332 g/mol. The van der Waals surface area contributed by atoms with Crippen molar-refractivity contribution in [3.05, 3.63) is 59.7 Å². The third kappa shape index (κ3) is 4.04. The van der Waals surface area contributed by atoms with E-state index in [1.54, 1.807) is 30.3 Å². The smallest absolute Gasteiger partial charge is 0.351 e. The Morgan fingerprint density at radius 3 is 2.35 bits per heavy atom. The van der Waals surface area contributed by atoms with Crippen molar-refractivity contribution in [3.63, 3.8) is 0 Å². The Kier molecular flexibility index (Phi) is 4.98. The lowest BCUT2D eigenvalue weighted by atomic mass is 9.86. The van der Waals surface area contributed by atoms with E-state index < -0.39 is 12.1 Å². The fourth-order valence-electron chi connectivity index (χ4n) is 2.60.